The highest BCUT2D eigenvalue weighted by Crippen LogP contribution is 2.27. The summed E-state index contributed by atoms with van der Waals surface area (Å²) in [6.45, 7) is 2.24. The largest absolute Gasteiger partial charge is 0.396 e. The van der Waals surface area contributed by atoms with Gasteiger partial charge in [0, 0.05) is 30.1 Å². The minimum Gasteiger partial charge on any atom is -0.396 e. The van der Waals surface area contributed by atoms with Crippen molar-refractivity contribution in [2.75, 3.05) is 13.2 Å². The van der Waals surface area contributed by atoms with Crippen LogP contribution < -0.4 is 0 Å². The Morgan fingerprint density at radius 3 is 3.05 bits per heavy atom. The maximum atomic E-state index is 9.02. The van der Waals surface area contributed by atoms with Gasteiger partial charge in [-0.15, -0.1) is 0 Å². The maximum Gasteiger partial charge on any atom is 0.134 e. The summed E-state index contributed by atoms with van der Waals surface area (Å²) < 4.78 is 0. The lowest BCUT2D eigenvalue weighted by Crippen LogP contribution is -2.29. The van der Waals surface area contributed by atoms with E-state index in [1.165, 1.54) is 12.8 Å². The van der Waals surface area contributed by atoms with Crippen LogP contribution in [-0.2, 0) is 6.54 Å². The van der Waals surface area contributed by atoms with E-state index >= 15 is 0 Å². The molecule has 0 bridgehead atoms. The number of rotatable bonds is 5. The molecule has 0 spiro atoms. The fraction of sp³-hybridized carbons (Fsp3) is 0.471. The highest BCUT2D eigenvalue weighted by molar-refractivity contribution is 6.30. The second kappa shape index (κ2) is 6.73. The summed E-state index contributed by atoms with van der Waals surface area (Å²) in [5.41, 5.74) is 2.05. The van der Waals surface area contributed by atoms with Crippen molar-refractivity contribution in [2.45, 2.75) is 38.3 Å². The molecule has 4 heteroatoms. The number of para-hydroxylation sites is 1. The van der Waals surface area contributed by atoms with Crippen LogP contribution in [0.1, 0.15) is 31.2 Å². The standard InChI is InChI=1S/C17H21ClN2O/c18-17-14(11-13-5-1-2-8-16(13)19-17)12-20-9-3-6-15(20)7-4-10-21/h1-2,5,8,11,15,21H,3-4,6-7,9-10,12H2/t15-/m0/s1. The van der Waals surface area contributed by atoms with Crippen LogP contribution in [0.5, 0.6) is 0 Å². The molecule has 1 aliphatic heterocycles. The summed E-state index contributed by atoms with van der Waals surface area (Å²) in [5.74, 6) is 0. The van der Waals surface area contributed by atoms with E-state index in [1.807, 2.05) is 18.2 Å². The first-order valence-electron chi connectivity index (χ1n) is 7.67. The lowest BCUT2D eigenvalue weighted by atomic mass is 10.1. The van der Waals surface area contributed by atoms with Gasteiger partial charge in [-0.2, -0.15) is 0 Å². The zero-order valence-corrected chi connectivity index (χ0v) is 12.9. The molecule has 0 radical (unpaired) electrons. The molecule has 1 N–H and O–H groups in total. The molecule has 0 amide bonds. The summed E-state index contributed by atoms with van der Waals surface area (Å²) in [5, 5.41) is 10.8. The molecule has 1 aliphatic rings. The van der Waals surface area contributed by atoms with E-state index in [0.717, 1.165) is 42.4 Å². The minimum atomic E-state index is 0.280. The molecule has 112 valence electrons. The van der Waals surface area contributed by atoms with E-state index < -0.39 is 0 Å². The van der Waals surface area contributed by atoms with Gasteiger partial charge in [-0.3, -0.25) is 4.90 Å². The predicted molar refractivity (Wildman–Crippen MR) is 86.5 cm³/mol. The third kappa shape index (κ3) is 3.37. The van der Waals surface area contributed by atoms with Crippen molar-refractivity contribution in [3.8, 4) is 0 Å². The molecule has 0 unspecified atom stereocenters. The van der Waals surface area contributed by atoms with E-state index in [4.69, 9.17) is 16.7 Å². The zero-order valence-electron chi connectivity index (χ0n) is 12.1. The molecule has 1 fully saturated rings. The normalized spacial score (nSPS) is 19.4. The molecule has 1 atom stereocenters. The van der Waals surface area contributed by atoms with Gasteiger partial charge in [0.1, 0.15) is 5.15 Å². The number of aliphatic hydroxyl groups excluding tert-OH is 1. The first kappa shape index (κ1) is 14.8. The number of fused-ring (bicyclic) bond motifs is 1. The molecule has 1 saturated heterocycles. The average Bonchev–Trinajstić information content (AvgIpc) is 2.93. The van der Waals surface area contributed by atoms with Crippen molar-refractivity contribution in [3.63, 3.8) is 0 Å². The van der Waals surface area contributed by atoms with Crippen LogP contribution in [0, 0.1) is 0 Å². The fourth-order valence-electron chi connectivity index (χ4n) is 3.22. The molecule has 1 aromatic heterocycles. The van der Waals surface area contributed by atoms with Gasteiger partial charge < -0.3 is 5.11 Å². The number of pyridine rings is 1. The van der Waals surface area contributed by atoms with Crippen molar-refractivity contribution in [1.29, 1.82) is 0 Å². The number of hydrogen-bond donors (Lipinski definition) is 1. The summed E-state index contributed by atoms with van der Waals surface area (Å²) in [4.78, 5) is 6.98. The number of likely N-dealkylation sites (tertiary alicyclic amines) is 1. The van der Waals surface area contributed by atoms with Crippen LogP contribution in [-0.4, -0.2) is 34.2 Å². The second-order valence-corrected chi connectivity index (χ2v) is 6.12. The van der Waals surface area contributed by atoms with Crippen LogP contribution in [0.4, 0.5) is 0 Å². The Morgan fingerprint density at radius 1 is 1.33 bits per heavy atom. The van der Waals surface area contributed by atoms with Gasteiger partial charge in [0.15, 0.2) is 0 Å². The Hall–Kier alpha value is -1.16. The Bertz CT molecular complexity index is 617. The third-order valence-electron chi connectivity index (χ3n) is 4.32. The van der Waals surface area contributed by atoms with Crippen LogP contribution in [0.25, 0.3) is 10.9 Å². The number of halogens is 1. The van der Waals surface area contributed by atoms with E-state index in [-0.39, 0.29) is 6.61 Å². The topological polar surface area (TPSA) is 36.4 Å². The SMILES string of the molecule is OCCC[C@@H]1CCCN1Cc1cc2ccccc2nc1Cl. The van der Waals surface area contributed by atoms with Gasteiger partial charge in [-0.25, -0.2) is 4.98 Å². The molecular weight excluding hydrogens is 284 g/mol. The Balaban J connectivity index is 1.79. The quantitative estimate of drug-likeness (QED) is 0.857. The summed E-state index contributed by atoms with van der Waals surface area (Å²) in [6, 6.07) is 10.8. The summed E-state index contributed by atoms with van der Waals surface area (Å²) in [7, 11) is 0. The zero-order chi connectivity index (χ0) is 14.7. The van der Waals surface area contributed by atoms with Gasteiger partial charge >= 0.3 is 0 Å². The van der Waals surface area contributed by atoms with Gasteiger partial charge in [0.05, 0.1) is 5.52 Å². The van der Waals surface area contributed by atoms with E-state index in [0.29, 0.717) is 11.2 Å². The van der Waals surface area contributed by atoms with E-state index in [1.54, 1.807) is 0 Å². The highest BCUT2D eigenvalue weighted by Gasteiger charge is 2.24. The van der Waals surface area contributed by atoms with Gasteiger partial charge in [0.2, 0.25) is 0 Å². The van der Waals surface area contributed by atoms with Gasteiger partial charge in [-0.1, -0.05) is 29.8 Å². The predicted octanol–water partition coefficient (Wildman–Crippen LogP) is 3.63. The van der Waals surface area contributed by atoms with Crippen molar-refractivity contribution in [3.05, 3.63) is 41.0 Å². The molecule has 0 aliphatic carbocycles. The van der Waals surface area contributed by atoms with E-state index in [9.17, 15) is 0 Å². The Morgan fingerprint density at radius 2 is 2.19 bits per heavy atom. The van der Waals surface area contributed by atoms with Gasteiger partial charge in [-0.05, 0) is 44.4 Å². The summed E-state index contributed by atoms with van der Waals surface area (Å²) in [6.07, 6.45) is 4.40. The molecule has 0 saturated carbocycles. The van der Waals surface area contributed by atoms with E-state index in [2.05, 4.69) is 22.0 Å². The molecule has 1 aromatic carbocycles. The number of benzene rings is 1. The van der Waals surface area contributed by atoms with Crippen LogP contribution in [0.15, 0.2) is 30.3 Å². The molecule has 3 rings (SSSR count). The smallest absolute Gasteiger partial charge is 0.134 e. The molecule has 2 heterocycles. The number of aliphatic hydroxyl groups is 1. The molecule has 2 aromatic rings. The first-order chi connectivity index (χ1) is 10.3. The Labute approximate surface area is 130 Å². The minimum absolute atomic E-state index is 0.280. The van der Waals surface area contributed by atoms with Crippen molar-refractivity contribution in [2.24, 2.45) is 0 Å². The van der Waals surface area contributed by atoms with Crippen LogP contribution >= 0.6 is 11.6 Å². The monoisotopic (exact) mass is 304 g/mol. The van der Waals surface area contributed by atoms with Gasteiger partial charge in [0.25, 0.3) is 0 Å². The van der Waals surface area contributed by atoms with Crippen molar-refractivity contribution in [1.82, 2.24) is 9.88 Å². The molecule has 3 nitrogen and oxygen atoms in total. The fourth-order valence-corrected chi connectivity index (χ4v) is 3.43. The number of aromatic nitrogens is 1. The van der Waals surface area contributed by atoms with Crippen LogP contribution in [0.2, 0.25) is 5.15 Å². The Kier molecular flexibility index (Phi) is 4.73. The van der Waals surface area contributed by atoms with Crippen molar-refractivity contribution < 1.29 is 5.11 Å². The van der Waals surface area contributed by atoms with Crippen LogP contribution in [0.3, 0.4) is 0 Å². The highest BCUT2D eigenvalue weighted by atomic mass is 35.5. The molecular formula is C17H21ClN2O. The lowest BCUT2D eigenvalue weighted by Gasteiger charge is -2.24. The number of nitrogens with zero attached hydrogens (tertiary/aromatic N) is 2. The molecule has 21 heavy (non-hydrogen) atoms. The first-order valence-corrected chi connectivity index (χ1v) is 8.05. The number of hydrogen-bond acceptors (Lipinski definition) is 3. The summed E-state index contributed by atoms with van der Waals surface area (Å²) >= 11 is 6.36. The lowest BCUT2D eigenvalue weighted by molar-refractivity contribution is 0.210. The third-order valence-corrected chi connectivity index (χ3v) is 4.65. The second-order valence-electron chi connectivity index (χ2n) is 5.76. The maximum absolute atomic E-state index is 9.02. The average molecular weight is 305 g/mol. The van der Waals surface area contributed by atoms with Crippen molar-refractivity contribution >= 4 is 22.5 Å².